The predicted octanol–water partition coefficient (Wildman–Crippen LogP) is 2.47. The van der Waals surface area contributed by atoms with E-state index in [0.717, 1.165) is 6.07 Å². The second-order valence-corrected chi connectivity index (χ2v) is 5.04. The summed E-state index contributed by atoms with van der Waals surface area (Å²) in [6.07, 6.45) is -3.65. The highest BCUT2D eigenvalue weighted by Gasteiger charge is 2.39. The lowest BCUT2D eigenvalue weighted by molar-refractivity contribution is -0.137. The van der Waals surface area contributed by atoms with Crippen LogP contribution in [-0.2, 0) is 6.18 Å². The Bertz CT molecular complexity index is 456. The minimum Gasteiger partial charge on any atom is -0.390 e. The molecule has 0 radical (unpaired) electrons. The summed E-state index contributed by atoms with van der Waals surface area (Å²) in [6, 6.07) is 0.721. The summed E-state index contributed by atoms with van der Waals surface area (Å²) < 4.78 is 37.7. The molecule has 0 spiro atoms. The van der Waals surface area contributed by atoms with Crippen LogP contribution in [0, 0.1) is 0 Å². The van der Waals surface area contributed by atoms with E-state index in [1.807, 2.05) is 0 Å². The first-order valence-electron chi connectivity index (χ1n) is 5.27. The third kappa shape index (κ3) is 2.84. The van der Waals surface area contributed by atoms with E-state index in [-0.39, 0.29) is 11.9 Å². The van der Waals surface area contributed by atoms with Crippen molar-refractivity contribution in [3.8, 4) is 0 Å². The molecule has 0 unspecified atom stereocenters. The van der Waals surface area contributed by atoms with Gasteiger partial charge in [-0.05, 0) is 25.8 Å². The minimum atomic E-state index is -4.56. The van der Waals surface area contributed by atoms with Crippen molar-refractivity contribution in [3.05, 3.63) is 16.8 Å². The average molecular weight is 282 g/mol. The number of hydrogen-bond acceptors (Lipinski definition) is 4. The number of aliphatic hydroxyl groups is 1. The standard InChI is InChI=1S/C10H11ClF3N3O/c1-9(18)3-5(4-9)15-7-2-6(10(12,13)14)8(11)17-16-7/h2,5,18H,3-4H2,1H3,(H,15,16)/t5-,9+. The quantitative estimate of drug-likeness (QED) is 0.874. The Morgan fingerprint density at radius 3 is 2.56 bits per heavy atom. The van der Waals surface area contributed by atoms with Gasteiger partial charge < -0.3 is 10.4 Å². The molecule has 1 aliphatic rings. The van der Waals surface area contributed by atoms with E-state index in [0.29, 0.717) is 12.8 Å². The normalized spacial score (nSPS) is 27.8. The Kier molecular flexibility index (Phi) is 3.14. The van der Waals surface area contributed by atoms with Gasteiger partial charge in [-0.3, -0.25) is 0 Å². The lowest BCUT2D eigenvalue weighted by Crippen LogP contribution is -2.48. The van der Waals surface area contributed by atoms with Crippen LogP contribution >= 0.6 is 11.6 Å². The van der Waals surface area contributed by atoms with E-state index in [2.05, 4.69) is 15.5 Å². The Morgan fingerprint density at radius 1 is 1.44 bits per heavy atom. The van der Waals surface area contributed by atoms with Crippen LogP contribution in [0.4, 0.5) is 19.0 Å². The highest BCUT2D eigenvalue weighted by atomic mass is 35.5. The van der Waals surface area contributed by atoms with E-state index in [9.17, 15) is 18.3 Å². The summed E-state index contributed by atoms with van der Waals surface area (Å²) in [4.78, 5) is 0. The maximum absolute atomic E-state index is 12.6. The van der Waals surface area contributed by atoms with Crippen LogP contribution in [0.3, 0.4) is 0 Å². The Balaban J connectivity index is 2.11. The zero-order chi connectivity index (χ0) is 13.6. The minimum absolute atomic E-state index is 0.00669. The fourth-order valence-corrected chi connectivity index (χ4v) is 2.16. The number of hydrogen-bond donors (Lipinski definition) is 2. The number of halogens is 4. The fourth-order valence-electron chi connectivity index (χ4n) is 1.96. The van der Waals surface area contributed by atoms with Crippen molar-refractivity contribution in [1.82, 2.24) is 10.2 Å². The van der Waals surface area contributed by atoms with Gasteiger partial charge in [-0.15, -0.1) is 10.2 Å². The molecule has 0 atom stereocenters. The molecular formula is C10H11ClF3N3O. The topological polar surface area (TPSA) is 58.0 Å². The third-order valence-corrected chi connectivity index (χ3v) is 3.06. The molecule has 0 bridgehead atoms. The van der Waals surface area contributed by atoms with Crippen molar-refractivity contribution in [2.45, 2.75) is 37.6 Å². The van der Waals surface area contributed by atoms with Gasteiger partial charge in [0, 0.05) is 6.04 Å². The van der Waals surface area contributed by atoms with Crippen molar-refractivity contribution in [2.75, 3.05) is 5.32 Å². The van der Waals surface area contributed by atoms with E-state index in [1.54, 1.807) is 6.92 Å². The first-order valence-corrected chi connectivity index (χ1v) is 5.64. The molecule has 2 rings (SSSR count). The van der Waals surface area contributed by atoms with Crippen LogP contribution in [0.15, 0.2) is 6.07 Å². The summed E-state index contributed by atoms with van der Waals surface area (Å²) in [7, 11) is 0. The smallest absolute Gasteiger partial charge is 0.390 e. The monoisotopic (exact) mass is 281 g/mol. The Hall–Kier alpha value is -1.08. The van der Waals surface area contributed by atoms with Crippen LogP contribution < -0.4 is 5.32 Å². The molecular weight excluding hydrogens is 271 g/mol. The van der Waals surface area contributed by atoms with Crippen molar-refractivity contribution >= 4 is 17.4 Å². The highest BCUT2D eigenvalue weighted by molar-refractivity contribution is 6.30. The summed E-state index contributed by atoms with van der Waals surface area (Å²) in [5.74, 6) is 0.00669. The molecule has 0 saturated heterocycles. The Morgan fingerprint density at radius 2 is 2.06 bits per heavy atom. The van der Waals surface area contributed by atoms with E-state index < -0.39 is 22.5 Å². The van der Waals surface area contributed by atoms with Crippen molar-refractivity contribution in [3.63, 3.8) is 0 Å². The van der Waals surface area contributed by atoms with E-state index in [1.165, 1.54) is 0 Å². The summed E-state index contributed by atoms with van der Waals surface area (Å²) in [5.41, 5.74) is -1.78. The second kappa shape index (κ2) is 4.24. The van der Waals surface area contributed by atoms with Gasteiger partial charge in [-0.2, -0.15) is 13.2 Å². The molecule has 0 amide bonds. The van der Waals surface area contributed by atoms with Gasteiger partial charge in [-0.25, -0.2) is 0 Å². The van der Waals surface area contributed by atoms with E-state index in [4.69, 9.17) is 11.6 Å². The summed E-state index contributed by atoms with van der Waals surface area (Å²) in [5, 5.41) is 18.4. The maximum atomic E-state index is 12.6. The van der Waals surface area contributed by atoms with Gasteiger partial charge in [0.25, 0.3) is 0 Å². The van der Waals surface area contributed by atoms with Crippen LogP contribution in [0.2, 0.25) is 5.15 Å². The average Bonchev–Trinajstić information content (AvgIpc) is 2.16. The molecule has 4 nitrogen and oxygen atoms in total. The SMILES string of the molecule is C[C@]1(O)C[C@@H](Nc2cc(C(F)(F)F)c(Cl)nn2)C1. The predicted molar refractivity (Wildman–Crippen MR) is 59.3 cm³/mol. The summed E-state index contributed by atoms with van der Waals surface area (Å²) in [6.45, 7) is 1.67. The molecule has 0 aliphatic heterocycles. The highest BCUT2D eigenvalue weighted by Crippen LogP contribution is 2.36. The first-order chi connectivity index (χ1) is 8.17. The molecule has 1 saturated carbocycles. The molecule has 1 aromatic rings. The lowest BCUT2D eigenvalue weighted by Gasteiger charge is -2.41. The molecule has 2 N–H and O–H groups in total. The van der Waals surface area contributed by atoms with Gasteiger partial charge in [0.05, 0.1) is 11.2 Å². The van der Waals surface area contributed by atoms with Crippen LogP contribution in [0.25, 0.3) is 0 Å². The van der Waals surface area contributed by atoms with Crippen LogP contribution in [0.1, 0.15) is 25.3 Å². The largest absolute Gasteiger partial charge is 0.419 e. The molecule has 1 fully saturated rings. The molecule has 0 aromatic carbocycles. The molecule has 1 aromatic heterocycles. The summed E-state index contributed by atoms with van der Waals surface area (Å²) >= 11 is 5.35. The molecule has 1 aliphatic carbocycles. The Labute approximate surface area is 106 Å². The van der Waals surface area contributed by atoms with Gasteiger partial charge in [0.2, 0.25) is 0 Å². The molecule has 8 heteroatoms. The maximum Gasteiger partial charge on any atom is 0.419 e. The molecule has 18 heavy (non-hydrogen) atoms. The van der Waals surface area contributed by atoms with Gasteiger partial charge in [0.15, 0.2) is 5.15 Å². The second-order valence-electron chi connectivity index (χ2n) is 4.68. The number of nitrogens with zero attached hydrogens (tertiary/aromatic N) is 2. The fraction of sp³-hybridized carbons (Fsp3) is 0.600. The first kappa shape index (κ1) is 13.4. The van der Waals surface area contributed by atoms with Crippen LogP contribution in [-0.4, -0.2) is 26.9 Å². The van der Waals surface area contributed by atoms with Gasteiger partial charge in [0.1, 0.15) is 5.82 Å². The zero-order valence-electron chi connectivity index (χ0n) is 9.42. The molecule has 100 valence electrons. The van der Waals surface area contributed by atoms with E-state index >= 15 is 0 Å². The molecule has 1 heterocycles. The zero-order valence-corrected chi connectivity index (χ0v) is 10.2. The number of aromatic nitrogens is 2. The van der Waals surface area contributed by atoms with Gasteiger partial charge >= 0.3 is 6.18 Å². The number of nitrogens with one attached hydrogen (secondary N) is 1. The van der Waals surface area contributed by atoms with Gasteiger partial charge in [-0.1, -0.05) is 11.6 Å². The van der Waals surface area contributed by atoms with Crippen molar-refractivity contribution in [2.24, 2.45) is 0 Å². The number of alkyl halides is 3. The third-order valence-electron chi connectivity index (χ3n) is 2.78. The lowest BCUT2D eigenvalue weighted by atomic mass is 9.77. The van der Waals surface area contributed by atoms with Crippen molar-refractivity contribution < 1.29 is 18.3 Å². The van der Waals surface area contributed by atoms with Crippen molar-refractivity contribution in [1.29, 1.82) is 0 Å². The number of anilines is 1. The van der Waals surface area contributed by atoms with Crippen LogP contribution in [0.5, 0.6) is 0 Å². The number of rotatable bonds is 2.